The molecule has 5 nitrogen and oxygen atoms in total. The summed E-state index contributed by atoms with van der Waals surface area (Å²) in [4.78, 5) is 0. The summed E-state index contributed by atoms with van der Waals surface area (Å²) in [7, 11) is -0.468. The molecule has 0 saturated heterocycles. The number of aliphatic hydroxyl groups is 2. The fourth-order valence-electron chi connectivity index (χ4n) is 1.11. The highest BCUT2D eigenvalue weighted by Gasteiger charge is 2.28. The average molecular weight is 212 g/mol. The summed E-state index contributed by atoms with van der Waals surface area (Å²) in [6.45, 7) is 1.89. The van der Waals surface area contributed by atoms with E-state index in [9.17, 15) is 0 Å². The van der Waals surface area contributed by atoms with Gasteiger partial charge in [0.15, 0.2) is 9.03 Å². The molecule has 0 heterocycles. The van der Waals surface area contributed by atoms with Crippen molar-refractivity contribution in [2.75, 3.05) is 19.8 Å². The van der Waals surface area contributed by atoms with Gasteiger partial charge >= 0.3 is 0 Å². The van der Waals surface area contributed by atoms with Gasteiger partial charge in [-0.05, 0) is 6.42 Å². The van der Waals surface area contributed by atoms with Crippen LogP contribution >= 0.6 is 9.03 Å². The minimum atomic E-state index is -0.611. The Morgan fingerprint density at radius 3 is 2.31 bits per heavy atom. The molecule has 0 fully saturated rings. The summed E-state index contributed by atoms with van der Waals surface area (Å²) in [6, 6.07) is 0. The third kappa shape index (κ3) is 4.86. The summed E-state index contributed by atoms with van der Waals surface area (Å²) in [5.41, 5.74) is -0.611. The van der Waals surface area contributed by atoms with Gasteiger partial charge in [-0.15, -0.1) is 0 Å². The number of hydrogen-bond donors (Lipinski definition) is 3. The largest absolute Gasteiger partial charge is 0.396 e. The molecule has 0 aromatic rings. The second-order valence-electron chi connectivity index (χ2n) is 3.03. The molecule has 6 heteroatoms. The highest BCUT2D eigenvalue weighted by molar-refractivity contribution is 7.26. The number of hydrogen-bond acceptors (Lipinski definition) is 5. The zero-order valence-electron chi connectivity index (χ0n) is 7.69. The van der Waals surface area contributed by atoms with Gasteiger partial charge < -0.3 is 14.7 Å². The van der Waals surface area contributed by atoms with E-state index in [1.165, 1.54) is 0 Å². The molecule has 0 saturated carbocycles. The first-order chi connectivity index (χ1) is 6.24. The van der Waals surface area contributed by atoms with E-state index in [0.29, 0.717) is 6.42 Å². The Morgan fingerprint density at radius 2 is 1.92 bits per heavy atom. The van der Waals surface area contributed by atoms with E-state index in [2.05, 4.69) is 4.67 Å². The minimum Gasteiger partial charge on any atom is -0.396 e. The highest BCUT2D eigenvalue weighted by Crippen LogP contribution is 2.26. The maximum atomic E-state index is 9.07. The van der Waals surface area contributed by atoms with Gasteiger partial charge in [0.05, 0.1) is 19.8 Å². The van der Waals surface area contributed by atoms with Crippen molar-refractivity contribution in [2.45, 2.75) is 19.8 Å². The first kappa shape index (κ1) is 13.2. The molecule has 0 amide bonds. The minimum absolute atomic E-state index is 0.132. The lowest BCUT2D eigenvalue weighted by Gasteiger charge is -2.28. The molecule has 0 spiro atoms. The van der Waals surface area contributed by atoms with Crippen LogP contribution in [0.15, 0.2) is 0 Å². The van der Waals surface area contributed by atoms with Crippen LogP contribution in [0.2, 0.25) is 0 Å². The van der Waals surface area contributed by atoms with Crippen LogP contribution in [0.3, 0.4) is 0 Å². The predicted octanol–water partition coefficient (Wildman–Crippen LogP) is 0.772. The van der Waals surface area contributed by atoms with Crippen molar-refractivity contribution >= 4 is 9.03 Å². The Morgan fingerprint density at radius 1 is 1.31 bits per heavy atom. The molecule has 0 aliphatic heterocycles. The standard InChI is InChI=1S/C7H17O5P/c1-2-3-7(4-8,5-9)6-11-13-12-10/h8-10,13H,2-6H2,1H3. The van der Waals surface area contributed by atoms with Gasteiger partial charge in [-0.2, -0.15) is 4.67 Å². The van der Waals surface area contributed by atoms with Crippen LogP contribution in [-0.2, 0) is 9.20 Å². The van der Waals surface area contributed by atoms with E-state index in [-0.39, 0.29) is 19.8 Å². The van der Waals surface area contributed by atoms with Crippen LogP contribution in [0.5, 0.6) is 0 Å². The van der Waals surface area contributed by atoms with E-state index in [1.807, 2.05) is 6.92 Å². The Balaban J connectivity index is 3.89. The quantitative estimate of drug-likeness (QED) is 0.240. The Bertz CT molecular complexity index is 117. The molecule has 0 aromatic heterocycles. The third-order valence-electron chi connectivity index (χ3n) is 1.93. The van der Waals surface area contributed by atoms with E-state index in [4.69, 9.17) is 20.0 Å². The Labute approximate surface area is 79.6 Å². The lowest BCUT2D eigenvalue weighted by Crippen LogP contribution is -2.34. The monoisotopic (exact) mass is 212 g/mol. The molecule has 13 heavy (non-hydrogen) atoms. The maximum absolute atomic E-state index is 9.07. The molecule has 80 valence electrons. The molecular weight excluding hydrogens is 195 g/mol. The predicted molar refractivity (Wildman–Crippen MR) is 49.5 cm³/mol. The van der Waals surface area contributed by atoms with Crippen LogP contribution in [0, 0.1) is 5.41 Å². The first-order valence-corrected chi connectivity index (χ1v) is 4.95. The summed E-state index contributed by atoms with van der Waals surface area (Å²) in [6.07, 6.45) is 1.53. The van der Waals surface area contributed by atoms with E-state index in [0.717, 1.165) is 6.42 Å². The molecule has 1 atom stereocenters. The van der Waals surface area contributed by atoms with Crippen molar-refractivity contribution < 1.29 is 24.7 Å². The Hall–Kier alpha value is 0.230. The van der Waals surface area contributed by atoms with Crippen LogP contribution in [0.25, 0.3) is 0 Å². The fraction of sp³-hybridized carbons (Fsp3) is 1.00. The molecular formula is C7H17O5P. The van der Waals surface area contributed by atoms with Gasteiger partial charge in [-0.3, -0.25) is 0 Å². The molecule has 1 unspecified atom stereocenters. The fourth-order valence-corrected chi connectivity index (χ4v) is 1.53. The molecule has 0 rings (SSSR count). The number of rotatable bonds is 8. The zero-order chi connectivity index (χ0) is 10.2. The lowest BCUT2D eigenvalue weighted by atomic mass is 9.86. The first-order valence-electron chi connectivity index (χ1n) is 4.13. The second-order valence-corrected chi connectivity index (χ2v) is 3.67. The van der Waals surface area contributed by atoms with Crippen molar-refractivity contribution in [1.82, 2.24) is 0 Å². The van der Waals surface area contributed by atoms with E-state index < -0.39 is 14.4 Å². The average Bonchev–Trinajstić information content (AvgIpc) is 2.17. The number of aliphatic hydroxyl groups excluding tert-OH is 2. The summed E-state index contributed by atoms with van der Waals surface area (Å²) in [5.74, 6) is 0. The Kier molecular flexibility index (Phi) is 7.75. The molecule has 0 radical (unpaired) electrons. The maximum Gasteiger partial charge on any atom is 0.194 e. The van der Waals surface area contributed by atoms with Gasteiger partial charge in [-0.1, -0.05) is 13.3 Å². The van der Waals surface area contributed by atoms with Crippen molar-refractivity contribution in [1.29, 1.82) is 0 Å². The molecule has 0 bridgehead atoms. The summed E-state index contributed by atoms with van der Waals surface area (Å²) >= 11 is 0. The van der Waals surface area contributed by atoms with Gasteiger partial charge in [-0.25, -0.2) is 5.26 Å². The van der Waals surface area contributed by atoms with Crippen molar-refractivity contribution in [3.63, 3.8) is 0 Å². The zero-order valence-corrected chi connectivity index (χ0v) is 8.69. The summed E-state index contributed by atoms with van der Waals surface area (Å²) < 4.78 is 8.66. The molecule has 3 N–H and O–H groups in total. The highest BCUT2D eigenvalue weighted by atomic mass is 31.1. The normalized spacial score (nSPS) is 12.9. The summed E-state index contributed by atoms with van der Waals surface area (Å²) in [5, 5.41) is 26.1. The topological polar surface area (TPSA) is 79.2 Å². The van der Waals surface area contributed by atoms with Crippen molar-refractivity contribution in [3.8, 4) is 0 Å². The molecule has 0 aliphatic rings. The molecule has 0 aliphatic carbocycles. The molecule has 0 aromatic carbocycles. The SMILES string of the molecule is CCCC(CO)(CO)COPOO. The third-order valence-corrected chi connectivity index (χ3v) is 2.26. The lowest BCUT2D eigenvalue weighted by molar-refractivity contribution is -0.135. The van der Waals surface area contributed by atoms with Gasteiger partial charge in [0, 0.05) is 5.41 Å². The van der Waals surface area contributed by atoms with E-state index in [1.54, 1.807) is 0 Å². The van der Waals surface area contributed by atoms with Crippen LogP contribution in [0.4, 0.5) is 0 Å². The van der Waals surface area contributed by atoms with Crippen LogP contribution < -0.4 is 0 Å². The smallest absolute Gasteiger partial charge is 0.194 e. The van der Waals surface area contributed by atoms with Crippen LogP contribution in [0.1, 0.15) is 19.8 Å². The van der Waals surface area contributed by atoms with Gasteiger partial charge in [0.25, 0.3) is 0 Å². The van der Waals surface area contributed by atoms with Crippen LogP contribution in [-0.4, -0.2) is 35.3 Å². The van der Waals surface area contributed by atoms with E-state index >= 15 is 0 Å². The van der Waals surface area contributed by atoms with Crippen molar-refractivity contribution in [3.05, 3.63) is 0 Å². The van der Waals surface area contributed by atoms with Gasteiger partial charge in [0.1, 0.15) is 0 Å². The van der Waals surface area contributed by atoms with Gasteiger partial charge in [0.2, 0.25) is 0 Å². The second kappa shape index (κ2) is 7.62. The van der Waals surface area contributed by atoms with Crippen molar-refractivity contribution in [2.24, 2.45) is 5.41 Å².